The van der Waals surface area contributed by atoms with Crippen molar-refractivity contribution < 1.29 is 19.0 Å². The molecule has 2 heterocycles. The summed E-state index contributed by atoms with van der Waals surface area (Å²) < 4.78 is 19.0. The molecule has 2 saturated heterocycles. The normalized spacial score (nSPS) is 21.8. The Morgan fingerprint density at radius 3 is 2.56 bits per heavy atom. The highest BCUT2D eigenvalue weighted by Crippen LogP contribution is 2.33. The molecule has 2 fully saturated rings. The minimum atomic E-state index is -0.961. The molecule has 0 aromatic heterocycles. The Morgan fingerprint density at radius 1 is 1.28 bits per heavy atom. The molecule has 1 atom stereocenters. The number of benzene rings is 1. The summed E-state index contributed by atoms with van der Waals surface area (Å²) in [5.74, 6) is 1.38. The van der Waals surface area contributed by atoms with E-state index in [1.807, 2.05) is 16.7 Å². The molecule has 2 aliphatic rings. The summed E-state index contributed by atoms with van der Waals surface area (Å²) in [6.45, 7) is 3.64. The number of ether oxygens (including phenoxy) is 1. The van der Waals surface area contributed by atoms with E-state index in [-0.39, 0.29) is 0 Å². The van der Waals surface area contributed by atoms with Gasteiger partial charge in [0.25, 0.3) is 0 Å². The molecule has 138 valence electrons. The number of methoxy groups -OCH3 is 1. The number of likely N-dealkylation sites (tertiary alicyclic amines) is 1. The van der Waals surface area contributed by atoms with E-state index in [9.17, 15) is 14.3 Å². The van der Waals surface area contributed by atoms with Gasteiger partial charge in [0.1, 0.15) is 17.6 Å². The number of carboxylic acid groups (broad SMARTS) is 1. The van der Waals surface area contributed by atoms with Crippen molar-refractivity contribution in [3.05, 3.63) is 29.6 Å². The average Bonchev–Trinajstić information content (AvgIpc) is 2.63. The molecule has 1 aromatic carbocycles. The van der Waals surface area contributed by atoms with Crippen LogP contribution in [0.25, 0.3) is 0 Å². The van der Waals surface area contributed by atoms with Gasteiger partial charge in [-0.3, -0.25) is 14.6 Å². The lowest BCUT2D eigenvalue weighted by Crippen LogP contribution is -2.49. The largest absolute Gasteiger partial charge is 0.496 e. The van der Waals surface area contributed by atoms with Gasteiger partial charge in [0.2, 0.25) is 0 Å². The van der Waals surface area contributed by atoms with Crippen molar-refractivity contribution in [3.63, 3.8) is 0 Å². The third-order valence-electron chi connectivity index (χ3n) is 5.15. The maximum absolute atomic E-state index is 13.7. The van der Waals surface area contributed by atoms with Crippen molar-refractivity contribution in [1.82, 2.24) is 9.80 Å². The number of carboxylic acids is 1. The van der Waals surface area contributed by atoms with Crippen LogP contribution in [-0.4, -0.2) is 71.7 Å². The molecule has 5 nitrogen and oxygen atoms in total. The first-order chi connectivity index (χ1) is 12.1. The highest BCUT2D eigenvalue weighted by Gasteiger charge is 2.34. The van der Waals surface area contributed by atoms with Gasteiger partial charge in [-0.25, -0.2) is 4.39 Å². The zero-order valence-electron chi connectivity index (χ0n) is 14.5. The van der Waals surface area contributed by atoms with Crippen LogP contribution in [0.2, 0.25) is 0 Å². The molecular weight excluding hydrogens is 343 g/mol. The molecular formula is C18H25FN2O3S. The Morgan fingerprint density at radius 2 is 1.96 bits per heavy atom. The van der Waals surface area contributed by atoms with E-state index < -0.39 is 17.8 Å². The lowest BCUT2D eigenvalue weighted by Gasteiger charge is -2.41. The zero-order valence-corrected chi connectivity index (χ0v) is 15.3. The Hall–Kier alpha value is -1.31. The number of nitrogens with zero attached hydrogens (tertiary/aromatic N) is 2. The molecule has 0 aliphatic carbocycles. The van der Waals surface area contributed by atoms with Crippen LogP contribution in [0.4, 0.5) is 4.39 Å². The van der Waals surface area contributed by atoms with Gasteiger partial charge in [-0.1, -0.05) is 0 Å². The smallest absolute Gasteiger partial charge is 0.325 e. The second kappa shape index (κ2) is 8.38. The van der Waals surface area contributed by atoms with E-state index in [2.05, 4.69) is 4.90 Å². The fourth-order valence-corrected chi connectivity index (χ4v) is 4.79. The molecule has 3 rings (SSSR count). The lowest BCUT2D eigenvalue weighted by atomic mass is 9.97. The van der Waals surface area contributed by atoms with Crippen molar-refractivity contribution in [2.75, 3.05) is 44.8 Å². The van der Waals surface area contributed by atoms with Crippen molar-refractivity contribution in [3.8, 4) is 5.75 Å². The highest BCUT2D eigenvalue weighted by atomic mass is 32.2. The van der Waals surface area contributed by atoms with E-state index in [1.165, 1.54) is 36.8 Å². The minimum absolute atomic E-state index is 0.392. The van der Waals surface area contributed by atoms with Crippen molar-refractivity contribution in [2.45, 2.75) is 24.9 Å². The second-order valence-electron chi connectivity index (χ2n) is 6.54. The number of hydrogen-bond acceptors (Lipinski definition) is 5. The van der Waals surface area contributed by atoms with Crippen LogP contribution >= 0.6 is 11.8 Å². The van der Waals surface area contributed by atoms with Gasteiger partial charge in [0.05, 0.1) is 7.11 Å². The molecule has 0 radical (unpaired) electrons. The quantitative estimate of drug-likeness (QED) is 0.862. The second-order valence-corrected chi connectivity index (χ2v) is 7.77. The number of piperidine rings is 1. The Bertz CT molecular complexity index is 602. The molecule has 7 heteroatoms. The lowest BCUT2D eigenvalue weighted by molar-refractivity contribution is -0.144. The fourth-order valence-electron chi connectivity index (χ4n) is 3.86. The van der Waals surface area contributed by atoms with Gasteiger partial charge >= 0.3 is 5.97 Å². The van der Waals surface area contributed by atoms with Gasteiger partial charge < -0.3 is 9.84 Å². The van der Waals surface area contributed by atoms with Gasteiger partial charge in [0, 0.05) is 49.3 Å². The molecule has 1 aromatic rings. The van der Waals surface area contributed by atoms with Gasteiger partial charge in [-0.2, -0.15) is 11.8 Å². The molecule has 0 bridgehead atoms. The third-order valence-corrected chi connectivity index (χ3v) is 6.09. The van der Waals surface area contributed by atoms with Crippen molar-refractivity contribution in [1.29, 1.82) is 0 Å². The molecule has 25 heavy (non-hydrogen) atoms. The van der Waals surface area contributed by atoms with Crippen LogP contribution in [0.15, 0.2) is 18.2 Å². The summed E-state index contributed by atoms with van der Waals surface area (Å²) >= 11 is 2.00. The first kappa shape index (κ1) is 18.5. The third kappa shape index (κ3) is 4.27. The van der Waals surface area contributed by atoms with Crippen LogP contribution in [-0.2, 0) is 4.79 Å². The summed E-state index contributed by atoms with van der Waals surface area (Å²) in [7, 11) is 1.48. The predicted octanol–water partition coefficient (Wildman–Crippen LogP) is 2.47. The van der Waals surface area contributed by atoms with Crippen molar-refractivity contribution >= 4 is 17.7 Å². The van der Waals surface area contributed by atoms with Gasteiger partial charge in [-0.05, 0) is 31.0 Å². The molecule has 1 unspecified atom stereocenters. The zero-order chi connectivity index (χ0) is 17.8. The van der Waals surface area contributed by atoms with E-state index >= 15 is 0 Å². The van der Waals surface area contributed by atoms with E-state index in [0.29, 0.717) is 30.4 Å². The van der Waals surface area contributed by atoms with E-state index in [0.717, 1.165) is 25.9 Å². The summed E-state index contributed by atoms with van der Waals surface area (Å²) in [4.78, 5) is 16.4. The molecule has 0 spiro atoms. The first-order valence-corrected chi connectivity index (χ1v) is 9.87. The van der Waals surface area contributed by atoms with E-state index in [4.69, 9.17) is 4.74 Å². The topological polar surface area (TPSA) is 53.0 Å². The molecule has 0 saturated carbocycles. The summed E-state index contributed by atoms with van der Waals surface area (Å²) in [6, 6.07) is 3.73. The number of thioether (sulfide) groups is 1. The average molecular weight is 368 g/mol. The highest BCUT2D eigenvalue weighted by molar-refractivity contribution is 7.99. The number of aliphatic carboxylic acids is 1. The van der Waals surface area contributed by atoms with Crippen LogP contribution in [0, 0.1) is 5.82 Å². The molecule has 2 aliphatic heterocycles. The number of rotatable bonds is 5. The summed E-state index contributed by atoms with van der Waals surface area (Å²) in [6.07, 6.45) is 1.90. The Labute approximate surface area is 152 Å². The summed E-state index contributed by atoms with van der Waals surface area (Å²) in [5, 5.41) is 9.77. The monoisotopic (exact) mass is 368 g/mol. The summed E-state index contributed by atoms with van der Waals surface area (Å²) in [5.41, 5.74) is 0.392. The van der Waals surface area contributed by atoms with Crippen LogP contribution < -0.4 is 4.74 Å². The number of carbonyl (C=O) groups is 1. The Kier molecular flexibility index (Phi) is 6.19. The van der Waals surface area contributed by atoms with Crippen LogP contribution in [0.3, 0.4) is 0 Å². The van der Waals surface area contributed by atoms with Crippen LogP contribution in [0.1, 0.15) is 24.4 Å². The first-order valence-electron chi connectivity index (χ1n) is 8.72. The Balaban J connectivity index is 1.72. The predicted molar refractivity (Wildman–Crippen MR) is 96.8 cm³/mol. The number of halogens is 1. The fraction of sp³-hybridized carbons (Fsp3) is 0.611. The van der Waals surface area contributed by atoms with Gasteiger partial charge in [-0.15, -0.1) is 0 Å². The number of hydrogen-bond donors (Lipinski definition) is 1. The standard InChI is InChI=1S/C18H25FN2O3S/c1-24-16-3-2-13(19)12-15(16)17(18(22)23)21-6-4-14(5-7-21)20-8-10-25-11-9-20/h2-3,12,14,17H,4-11H2,1H3,(H,22,23). The van der Waals surface area contributed by atoms with Gasteiger partial charge in [0.15, 0.2) is 0 Å². The van der Waals surface area contributed by atoms with Crippen molar-refractivity contribution in [2.24, 2.45) is 0 Å². The van der Waals surface area contributed by atoms with Crippen LogP contribution in [0.5, 0.6) is 5.75 Å². The molecule has 1 N–H and O–H groups in total. The maximum atomic E-state index is 13.7. The SMILES string of the molecule is COc1ccc(F)cc1C(C(=O)O)N1CCC(N2CCSCC2)CC1. The van der Waals surface area contributed by atoms with E-state index in [1.54, 1.807) is 0 Å². The molecule has 0 amide bonds. The maximum Gasteiger partial charge on any atom is 0.325 e. The minimum Gasteiger partial charge on any atom is -0.496 e.